The standard InChI is InChI=1S/C51H61NO14/c1-59-41(54)27-15-4-2-3-5-18-28-61-51-47(66-50-42(44(56)43(55)39(29-53)64-50)52-48(57)37-25-16-17-26-38(37)49(52)58)46(63-32-36-23-13-8-14-24-36)45(62-31-35-21-11-7-12-22-35)40(65-51)33-60-30-34-19-9-6-10-20-34/h6-14,16-17,19-26,39-40,42-47,50-51,53,55-56H,2-5,15,18,27-33H2,1H3/t39-,40-,42-,43-,44-,45-,46+,47+,50+,51+/m1/s1. The summed E-state index contributed by atoms with van der Waals surface area (Å²) >= 11 is 0. The minimum absolute atomic E-state index is 0.0623. The van der Waals surface area contributed by atoms with Crippen LogP contribution < -0.4 is 0 Å². The van der Waals surface area contributed by atoms with Crippen molar-refractivity contribution in [3.8, 4) is 0 Å². The molecular weight excluding hydrogens is 851 g/mol. The molecular formula is C51H61NO14. The first-order chi connectivity index (χ1) is 32.3. The lowest BCUT2D eigenvalue weighted by atomic mass is 9.94. The minimum Gasteiger partial charge on any atom is -0.469 e. The Morgan fingerprint density at radius 2 is 1.11 bits per heavy atom. The number of aliphatic hydroxyl groups is 3. The van der Waals surface area contributed by atoms with E-state index >= 15 is 0 Å². The molecule has 0 aliphatic carbocycles. The minimum atomic E-state index is -1.80. The number of carbonyl (C=O) groups excluding carboxylic acids is 3. The number of rotatable bonds is 24. The maximum atomic E-state index is 14.0. The van der Waals surface area contributed by atoms with Crippen LogP contribution in [0.4, 0.5) is 0 Å². The van der Waals surface area contributed by atoms with Crippen molar-refractivity contribution in [2.45, 2.75) is 126 Å². The predicted molar refractivity (Wildman–Crippen MR) is 238 cm³/mol. The predicted octanol–water partition coefficient (Wildman–Crippen LogP) is 5.51. The van der Waals surface area contributed by atoms with Gasteiger partial charge < -0.3 is 53.2 Å². The molecule has 4 aromatic rings. The molecule has 0 aromatic heterocycles. The molecule has 3 N–H and O–H groups in total. The van der Waals surface area contributed by atoms with Crippen LogP contribution in [-0.2, 0) is 62.5 Å². The number of nitrogens with zero attached hydrogens (tertiary/aromatic N) is 1. The van der Waals surface area contributed by atoms with Gasteiger partial charge in [-0.3, -0.25) is 19.3 Å². The molecule has 15 heteroatoms. The Morgan fingerprint density at radius 3 is 1.68 bits per heavy atom. The van der Waals surface area contributed by atoms with Gasteiger partial charge in [-0.25, -0.2) is 0 Å². The van der Waals surface area contributed by atoms with Crippen LogP contribution in [0, 0.1) is 0 Å². The largest absolute Gasteiger partial charge is 0.469 e. The van der Waals surface area contributed by atoms with Crippen molar-refractivity contribution in [1.82, 2.24) is 4.90 Å². The molecule has 3 aliphatic rings. The number of hydrogen-bond acceptors (Lipinski definition) is 14. The number of amides is 2. The average molecular weight is 912 g/mol. The molecule has 2 amide bonds. The van der Waals surface area contributed by atoms with Gasteiger partial charge >= 0.3 is 5.97 Å². The highest BCUT2D eigenvalue weighted by Gasteiger charge is 2.57. The van der Waals surface area contributed by atoms with Gasteiger partial charge in [0.2, 0.25) is 0 Å². The molecule has 3 heterocycles. The van der Waals surface area contributed by atoms with Gasteiger partial charge in [-0.2, -0.15) is 0 Å². The molecule has 10 atom stereocenters. The fraction of sp³-hybridized carbons (Fsp3) is 0.471. The van der Waals surface area contributed by atoms with Gasteiger partial charge in [0.25, 0.3) is 11.8 Å². The zero-order valence-corrected chi connectivity index (χ0v) is 37.2. The van der Waals surface area contributed by atoms with Crippen LogP contribution in [0.3, 0.4) is 0 Å². The van der Waals surface area contributed by atoms with Gasteiger partial charge in [-0.1, -0.05) is 129 Å². The third-order valence-electron chi connectivity index (χ3n) is 12.1. The fourth-order valence-electron chi connectivity index (χ4n) is 8.55. The molecule has 0 radical (unpaired) electrons. The number of fused-ring (bicyclic) bond motifs is 1. The van der Waals surface area contributed by atoms with Gasteiger partial charge in [0.1, 0.15) is 48.8 Å². The van der Waals surface area contributed by atoms with E-state index in [1.165, 1.54) is 19.2 Å². The van der Waals surface area contributed by atoms with Crippen LogP contribution in [-0.4, -0.2) is 126 Å². The summed E-state index contributed by atoms with van der Waals surface area (Å²) in [6.45, 7) is 0.126. The van der Waals surface area contributed by atoms with Crippen molar-refractivity contribution in [3.63, 3.8) is 0 Å². The molecule has 0 unspecified atom stereocenters. The fourth-order valence-corrected chi connectivity index (χ4v) is 8.55. The lowest BCUT2D eigenvalue weighted by molar-refractivity contribution is -0.367. The Labute approximate surface area is 385 Å². The van der Waals surface area contributed by atoms with E-state index in [9.17, 15) is 29.7 Å². The molecule has 0 bridgehead atoms. The number of carbonyl (C=O) groups is 3. The number of aliphatic hydroxyl groups excluding tert-OH is 3. The SMILES string of the molecule is COC(=O)CCCCCCCCO[C@H]1O[C@H](COCc2ccccc2)[C@@H](OCc2ccccc2)[C@H](OCc2ccccc2)[C@@H]1O[C@@H]1O[C@H](CO)[C@@H](O)[C@H](O)[C@H]1N1C(=O)c2ccccc2C1=O. The first-order valence-corrected chi connectivity index (χ1v) is 22.8. The number of benzene rings is 4. The van der Waals surface area contributed by atoms with Gasteiger partial charge in [-0.05, 0) is 41.7 Å². The van der Waals surface area contributed by atoms with E-state index in [0.717, 1.165) is 53.7 Å². The molecule has 2 fully saturated rings. The van der Waals surface area contributed by atoms with Crippen molar-refractivity contribution in [2.24, 2.45) is 0 Å². The smallest absolute Gasteiger partial charge is 0.305 e. The Morgan fingerprint density at radius 1 is 0.591 bits per heavy atom. The first kappa shape index (κ1) is 49.0. The van der Waals surface area contributed by atoms with Gasteiger partial charge in [-0.15, -0.1) is 0 Å². The Kier molecular flexibility index (Phi) is 18.4. The number of ether oxygens (including phenoxy) is 8. The summed E-state index contributed by atoms with van der Waals surface area (Å²) in [5.41, 5.74) is 2.93. The molecule has 0 saturated carbocycles. The van der Waals surface area contributed by atoms with E-state index in [2.05, 4.69) is 0 Å². The maximum absolute atomic E-state index is 14.0. The number of unbranched alkanes of at least 4 members (excludes halogenated alkanes) is 5. The van der Waals surface area contributed by atoms with E-state index in [0.29, 0.717) is 12.8 Å². The van der Waals surface area contributed by atoms with Gasteiger partial charge in [0.15, 0.2) is 12.6 Å². The quantitative estimate of drug-likeness (QED) is 0.0454. The number of esters is 1. The van der Waals surface area contributed by atoms with Crippen LogP contribution in [0.2, 0.25) is 0 Å². The van der Waals surface area contributed by atoms with Gasteiger partial charge in [0, 0.05) is 13.0 Å². The average Bonchev–Trinajstić information content (AvgIpc) is 3.60. The zero-order valence-electron chi connectivity index (χ0n) is 37.2. The second-order valence-corrected chi connectivity index (χ2v) is 16.7. The summed E-state index contributed by atoms with van der Waals surface area (Å²) in [4.78, 5) is 40.4. The number of hydrogen-bond donors (Lipinski definition) is 3. The van der Waals surface area contributed by atoms with Crippen molar-refractivity contribution in [3.05, 3.63) is 143 Å². The maximum Gasteiger partial charge on any atom is 0.305 e. The van der Waals surface area contributed by atoms with E-state index < -0.39 is 79.8 Å². The van der Waals surface area contributed by atoms with Gasteiger partial charge in [0.05, 0.1) is 51.3 Å². The lowest BCUT2D eigenvalue weighted by Gasteiger charge is -2.50. The monoisotopic (exact) mass is 911 g/mol. The lowest BCUT2D eigenvalue weighted by Crippen LogP contribution is -2.68. The zero-order chi connectivity index (χ0) is 46.3. The molecule has 7 rings (SSSR count). The first-order valence-electron chi connectivity index (χ1n) is 22.8. The Balaban J connectivity index is 1.21. The summed E-state index contributed by atoms with van der Waals surface area (Å²) in [5.74, 6) is -1.64. The number of methoxy groups -OCH3 is 1. The third-order valence-corrected chi connectivity index (χ3v) is 12.1. The van der Waals surface area contributed by atoms with Crippen molar-refractivity contribution in [2.75, 3.05) is 26.9 Å². The second kappa shape index (κ2) is 24.7. The van der Waals surface area contributed by atoms with E-state index in [-0.39, 0.29) is 50.1 Å². The number of imide groups is 1. The Hall–Kier alpha value is -4.91. The molecule has 0 spiro atoms. The third kappa shape index (κ3) is 12.5. The van der Waals surface area contributed by atoms with Crippen molar-refractivity contribution < 1.29 is 67.6 Å². The summed E-state index contributed by atoms with van der Waals surface area (Å²) in [5, 5.41) is 33.4. The second-order valence-electron chi connectivity index (χ2n) is 16.7. The normalized spacial score (nSPS) is 26.3. The van der Waals surface area contributed by atoms with Crippen LogP contribution in [0.5, 0.6) is 0 Å². The van der Waals surface area contributed by atoms with E-state index in [1.807, 2.05) is 91.0 Å². The summed E-state index contributed by atoms with van der Waals surface area (Å²) in [7, 11) is 1.39. The molecule has 4 aromatic carbocycles. The topological polar surface area (TPSA) is 189 Å². The Bertz CT molecular complexity index is 2080. The van der Waals surface area contributed by atoms with Crippen LogP contribution in [0.1, 0.15) is 82.4 Å². The summed E-state index contributed by atoms with van der Waals surface area (Å²) in [6, 6.07) is 33.6. The van der Waals surface area contributed by atoms with Crippen LogP contribution in [0.25, 0.3) is 0 Å². The highest BCUT2D eigenvalue weighted by molar-refractivity contribution is 6.21. The van der Waals surface area contributed by atoms with Crippen LogP contribution in [0.15, 0.2) is 115 Å². The molecule has 2 saturated heterocycles. The van der Waals surface area contributed by atoms with E-state index in [1.54, 1.807) is 12.1 Å². The molecule has 354 valence electrons. The van der Waals surface area contributed by atoms with Crippen molar-refractivity contribution >= 4 is 17.8 Å². The summed E-state index contributed by atoms with van der Waals surface area (Å²) < 4.78 is 51.2. The molecule has 66 heavy (non-hydrogen) atoms. The highest BCUT2D eigenvalue weighted by Crippen LogP contribution is 2.37. The van der Waals surface area contributed by atoms with Crippen LogP contribution >= 0.6 is 0 Å². The highest BCUT2D eigenvalue weighted by atomic mass is 16.8. The van der Waals surface area contributed by atoms with E-state index in [4.69, 9.17) is 37.9 Å². The molecule has 3 aliphatic heterocycles. The molecule has 15 nitrogen and oxygen atoms in total. The van der Waals surface area contributed by atoms with Crippen molar-refractivity contribution in [1.29, 1.82) is 0 Å². The summed E-state index contributed by atoms with van der Waals surface area (Å²) in [6.07, 6.45) is -6.23.